The molecule has 1 aliphatic heterocycles. The lowest BCUT2D eigenvalue weighted by Gasteiger charge is -2.11. The molecule has 130 valence electrons. The van der Waals surface area contributed by atoms with E-state index in [0.29, 0.717) is 6.42 Å². The van der Waals surface area contributed by atoms with Gasteiger partial charge in [0.05, 0.1) is 19.3 Å². The topological polar surface area (TPSA) is 38.8 Å². The van der Waals surface area contributed by atoms with Crippen LogP contribution in [0.15, 0.2) is 0 Å². The van der Waals surface area contributed by atoms with E-state index < -0.39 is 0 Å². The molecule has 22 heavy (non-hydrogen) atoms. The summed E-state index contributed by atoms with van der Waals surface area (Å²) in [5.41, 5.74) is 0.261. The van der Waals surface area contributed by atoms with Crippen LogP contribution in [-0.2, 0) is 14.3 Å². The van der Waals surface area contributed by atoms with Crippen LogP contribution in [-0.4, -0.2) is 25.3 Å². The second-order valence-electron chi connectivity index (χ2n) is 6.83. The summed E-state index contributed by atoms with van der Waals surface area (Å²) in [6.45, 7) is 3.26. The van der Waals surface area contributed by atoms with E-state index in [0.717, 1.165) is 19.4 Å². The van der Waals surface area contributed by atoms with Gasteiger partial charge in [0.25, 0.3) is 0 Å². The average molecular weight is 312 g/mol. The summed E-state index contributed by atoms with van der Waals surface area (Å²) in [4.78, 5) is 11.0. The fourth-order valence-electron chi connectivity index (χ4n) is 3.09. The first kappa shape index (κ1) is 19.5. The van der Waals surface area contributed by atoms with Gasteiger partial charge in [-0.05, 0) is 19.3 Å². The van der Waals surface area contributed by atoms with Crippen LogP contribution in [0.1, 0.15) is 96.8 Å². The van der Waals surface area contributed by atoms with E-state index >= 15 is 0 Å². The zero-order valence-electron chi connectivity index (χ0n) is 14.8. The number of rotatable bonds is 15. The number of methoxy groups -OCH3 is 1. The largest absolute Gasteiger partial charge is 0.469 e. The maximum atomic E-state index is 11.0. The SMILES string of the molecule is CCCCCCCCC1(CCCCCCCC(=O)OC)CO1. The highest BCUT2D eigenvalue weighted by Gasteiger charge is 2.42. The molecule has 0 aliphatic carbocycles. The van der Waals surface area contributed by atoms with Crippen molar-refractivity contribution in [2.45, 2.75) is 102 Å². The highest BCUT2D eigenvalue weighted by atomic mass is 16.6. The van der Waals surface area contributed by atoms with E-state index in [-0.39, 0.29) is 11.6 Å². The van der Waals surface area contributed by atoms with Gasteiger partial charge in [0.15, 0.2) is 0 Å². The summed E-state index contributed by atoms with van der Waals surface area (Å²) in [6.07, 6.45) is 17.2. The molecule has 3 heteroatoms. The molecule has 0 bridgehead atoms. The van der Waals surface area contributed by atoms with E-state index in [1.807, 2.05) is 0 Å². The molecule has 1 heterocycles. The van der Waals surface area contributed by atoms with Gasteiger partial charge in [-0.2, -0.15) is 0 Å². The van der Waals surface area contributed by atoms with Crippen LogP contribution in [0, 0.1) is 0 Å². The van der Waals surface area contributed by atoms with Crippen molar-refractivity contribution in [3.8, 4) is 0 Å². The van der Waals surface area contributed by atoms with E-state index in [4.69, 9.17) is 4.74 Å². The van der Waals surface area contributed by atoms with Crippen LogP contribution >= 0.6 is 0 Å². The smallest absolute Gasteiger partial charge is 0.305 e. The Bertz CT molecular complexity index is 284. The maximum Gasteiger partial charge on any atom is 0.305 e. The highest BCUT2D eigenvalue weighted by Crippen LogP contribution is 2.38. The summed E-state index contributed by atoms with van der Waals surface area (Å²) >= 11 is 0. The quantitative estimate of drug-likeness (QED) is 0.230. The Balaban J connectivity index is 1.88. The summed E-state index contributed by atoms with van der Waals surface area (Å²) in [5.74, 6) is -0.0794. The van der Waals surface area contributed by atoms with Crippen molar-refractivity contribution < 1.29 is 14.3 Å². The number of ether oxygens (including phenoxy) is 2. The lowest BCUT2D eigenvalue weighted by Crippen LogP contribution is -2.10. The van der Waals surface area contributed by atoms with Gasteiger partial charge in [-0.1, -0.05) is 71.1 Å². The van der Waals surface area contributed by atoms with Gasteiger partial charge in [-0.3, -0.25) is 4.79 Å². The van der Waals surface area contributed by atoms with Crippen molar-refractivity contribution in [1.82, 2.24) is 0 Å². The molecule has 0 spiro atoms. The average Bonchev–Trinajstić information content (AvgIpc) is 3.29. The first-order valence-corrected chi connectivity index (χ1v) is 9.43. The minimum absolute atomic E-state index is 0.0794. The van der Waals surface area contributed by atoms with Gasteiger partial charge in [0.2, 0.25) is 0 Å². The number of unbranched alkanes of at least 4 members (excludes halogenated alkanes) is 9. The molecule has 0 aromatic carbocycles. The Morgan fingerprint density at radius 1 is 0.909 bits per heavy atom. The van der Waals surface area contributed by atoms with E-state index in [1.54, 1.807) is 0 Å². The number of epoxide rings is 1. The van der Waals surface area contributed by atoms with Crippen molar-refractivity contribution >= 4 is 5.97 Å². The number of carbonyl (C=O) groups is 1. The number of carbonyl (C=O) groups excluding carboxylic acids is 1. The maximum absolute atomic E-state index is 11.0. The van der Waals surface area contributed by atoms with E-state index in [2.05, 4.69) is 11.7 Å². The zero-order chi connectivity index (χ0) is 16.1. The highest BCUT2D eigenvalue weighted by molar-refractivity contribution is 5.68. The third-order valence-electron chi connectivity index (χ3n) is 4.78. The fourth-order valence-corrected chi connectivity index (χ4v) is 3.09. The second-order valence-corrected chi connectivity index (χ2v) is 6.83. The Morgan fingerprint density at radius 3 is 1.91 bits per heavy atom. The van der Waals surface area contributed by atoms with Crippen LogP contribution in [0.4, 0.5) is 0 Å². The fraction of sp³-hybridized carbons (Fsp3) is 0.947. The van der Waals surface area contributed by atoms with Crippen LogP contribution in [0.25, 0.3) is 0 Å². The van der Waals surface area contributed by atoms with Crippen LogP contribution in [0.3, 0.4) is 0 Å². The molecule has 1 aliphatic rings. The minimum Gasteiger partial charge on any atom is -0.469 e. The molecule has 0 amide bonds. The van der Waals surface area contributed by atoms with Crippen molar-refractivity contribution in [3.63, 3.8) is 0 Å². The van der Waals surface area contributed by atoms with Crippen molar-refractivity contribution in [2.75, 3.05) is 13.7 Å². The van der Waals surface area contributed by atoms with Gasteiger partial charge in [-0.15, -0.1) is 0 Å². The van der Waals surface area contributed by atoms with Crippen LogP contribution in [0.5, 0.6) is 0 Å². The Morgan fingerprint density at radius 2 is 1.41 bits per heavy atom. The predicted octanol–water partition coefficient (Wildman–Crippen LogP) is 5.41. The predicted molar refractivity (Wildman–Crippen MR) is 91.0 cm³/mol. The summed E-state index contributed by atoms with van der Waals surface area (Å²) in [6, 6.07) is 0. The molecule has 0 N–H and O–H groups in total. The molecule has 1 fully saturated rings. The normalized spacial score (nSPS) is 20.1. The molecule has 1 atom stereocenters. The lowest BCUT2D eigenvalue weighted by atomic mass is 9.95. The number of hydrogen-bond donors (Lipinski definition) is 0. The summed E-state index contributed by atoms with van der Waals surface area (Å²) in [5, 5.41) is 0. The minimum atomic E-state index is -0.0794. The van der Waals surface area contributed by atoms with Crippen molar-refractivity contribution in [3.05, 3.63) is 0 Å². The number of esters is 1. The van der Waals surface area contributed by atoms with Gasteiger partial charge in [0.1, 0.15) is 0 Å². The molecular formula is C19H36O3. The molecule has 1 rings (SSSR count). The third kappa shape index (κ3) is 9.45. The van der Waals surface area contributed by atoms with Gasteiger partial charge in [0, 0.05) is 6.42 Å². The third-order valence-corrected chi connectivity index (χ3v) is 4.78. The van der Waals surface area contributed by atoms with Crippen LogP contribution < -0.4 is 0 Å². The molecule has 1 unspecified atom stereocenters. The Kier molecular flexibility index (Phi) is 10.6. The molecule has 0 aromatic rings. The molecule has 0 radical (unpaired) electrons. The summed E-state index contributed by atoms with van der Waals surface area (Å²) in [7, 11) is 1.46. The van der Waals surface area contributed by atoms with E-state index in [9.17, 15) is 4.79 Å². The zero-order valence-corrected chi connectivity index (χ0v) is 14.8. The van der Waals surface area contributed by atoms with E-state index in [1.165, 1.54) is 77.7 Å². The van der Waals surface area contributed by atoms with Gasteiger partial charge in [-0.25, -0.2) is 0 Å². The first-order valence-electron chi connectivity index (χ1n) is 9.43. The molecule has 0 aromatic heterocycles. The van der Waals surface area contributed by atoms with Crippen LogP contribution in [0.2, 0.25) is 0 Å². The Labute approximate surface area is 137 Å². The van der Waals surface area contributed by atoms with Gasteiger partial charge < -0.3 is 9.47 Å². The summed E-state index contributed by atoms with van der Waals surface area (Å²) < 4.78 is 10.4. The second kappa shape index (κ2) is 11.9. The molecular weight excluding hydrogens is 276 g/mol. The van der Waals surface area contributed by atoms with Crippen molar-refractivity contribution in [1.29, 1.82) is 0 Å². The van der Waals surface area contributed by atoms with Gasteiger partial charge >= 0.3 is 5.97 Å². The monoisotopic (exact) mass is 312 g/mol. The molecule has 0 saturated carbocycles. The Hall–Kier alpha value is -0.570. The molecule has 1 saturated heterocycles. The first-order chi connectivity index (χ1) is 10.7. The lowest BCUT2D eigenvalue weighted by molar-refractivity contribution is -0.140. The molecule has 3 nitrogen and oxygen atoms in total. The standard InChI is InChI=1S/C19H36O3/c1-3-4-5-6-9-12-15-19(17-22-19)16-13-10-7-8-11-14-18(20)21-2/h3-17H2,1-2H3. The number of hydrogen-bond acceptors (Lipinski definition) is 3. The van der Waals surface area contributed by atoms with Crippen molar-refractivity contribution in [2.24, 2.45) is 0 Å².